The maximum absolute atomic E-state index is 6.27. The monoisotopic (exact) mass is 301 g/mol. The fourth-order valence-electron chi connectivity index (χ4n) is 1.72. The predicted octanol–water partition coefficient (Wildman–Crippen LogP) is 3.92. The molecule has 0 saturated heterocycles. The van der Waals surface area contributed by atoms with E-state index in [0.29, 0.717) is 11.2 Å². The van der Waals surface area contributed by atoms with E-state index in [1.807, 2.05) is 18.7 Å². The zero-order valence-corrected chi connectivity index (χ0v) is 14.5. The Morgan fingerprint density at radius 2 is 1.89 bits per heavy atom. The molecule has 1 unspecified atom stereocenters. The van der Waals surface area contributed by atoms with Crippen molar-refractivity contribution in [3.63, 3.8) is 0 Å². The summed E-state index contributed by atoms with van der Waals surface area (Å²) in [7, 11) is 2.07. The average Bonchev–Trinajstić information content (AvgIpc) is 2.30. The molecule has 108 valence electrons. The molecule has 19 heavy (non-hydrogen) atoms. The summed E-state index contributed by atoms with van der Waals surface area (Å²) in [6, 6.07) is 0.410. The van der Waals surface area contributed by atoms with Crippen LogP contribution < -0.4 is 4.90 Å². The Morgan fingerprint density at radius 1 is 1.32 bits per heavy atom. The smallest absolute Gasteiger partial charge is 0.137 e. The first-order valence-electron chi connectivity index (χ1n) is 6.44. The van der Waals surface area contributed by atoms with E-state index in [0.717, 1.165) is 23.0 Å². The number of halogens is 1. The molecule has 0 N–H and O–H groups in total. The highest BCUT2D eigenvalue weighted by Crippen LogP contribution is 2.28. The maximum atomic E-state index is 6.27. The third-order valence-electron chi connectivity index (χ3n) is 3.13. The molecule has 0 spiro atoms. The molecule has 1 aromatic heterocycles. The number of hydrogen-bond acceptors (Lipinski definition) is 4. The van der Waals surface area contributed by atoms with Crippen LogP contribution in [-0.4, -0.2) is 35.1 Å². The van der Waals surface area contributed by atoms with E-state index in [-0.39, 0.29) is 5.41 Å². The molecule has 0 aliphatic rings. The lowest BCUT2D eigenvalue weighted by Crippen LogP contribution is -2.33. The van der Waals surface area contributed by atoms with Crippen molar-refractivity contribution < 1.29 is 0 Å². The van der Waals surface area contributed by atoms with Crippen LogP contribution in [-0.2, 0) is 5.41 Å². The normalized spacial score (nSPS) is 13.5. The summed E-state index contributed by atoms with van der Waals surface area (Å²) in [5.74, 6) is 2.79. The van der Waals surface area contributed by atoms with Gasteiger partial charge in [0.1, 0.15) is 16.8 Å². The van der Waals surface area contributed by atoms with E-state index in [9.17, 15) is 0 Å². The Kier molecular flexibility index (Phi) is 5.51. The summed E-state index contributed by atoms with van der Waals surface area (Å²) in [6.45, 7) is 10.5. The van der Waals surface area contributed by atoms with Crippen LogP contribution in [0, 0.1) is 6.92 Å². The van der Waals surface area contributed by atoms with Gasteiger partial charge in [-0.15, -0.1) is 0 Å². The number of anilines is 1. The van der Waals surface area contributed by atoms with Crippen molar-refractivity contribution in [2.24, 2.45) is 0 Å². The molecule has 0 fully saturated rings. The highest BCUT2D eigenvalue weighted by molar-refractivity contribution is 7.98. The minimum Gasteiger partial charge on any atom is -0.356 e. The molecule has 1 heterocycles. The number of nitrogens with zero attached hydrogens (tertiary/aromatic N) is 3. The number of thioether (sulfide) groups is 1. The lowest BCUT2D eigenvalue weighted by molar-refractivity contribution is 0.542. The van der Waals surface area contributed by atoms with Gasteiger partial charge in [0.2, 0.25) is 0 Å². The van der Waals surface area contributed by atoms with Crippen LogP contribution in [0.4, 0.5) is 5.82 Å². The molecule has 0 aliphatic carbocycles. The molecule has 3 nitrogen and oxygen atoms in total. The van der Waals surface area contributed by atoms with Crippen molar-refractivity contribution in [3.8, 4) is 0 Å². The number of rotatable bonds is 4. The lowest BCUT2D eigenvalue weighted by Gasteiger charge is -2.28. The maximum Gasteiger partial charge on any atom is 0.137 e. The van der Waals surface area contributed by atoms with E-state index in [1.165, 1.54) is 0 Å². The molecule has 0 bridgehead atoms. The van der Waals surface area contributed by atoms with Crippen LogP contribution in [0.1, 0.15) is 39.1 Å². The summed E-state index contributed by atoms with van der Waals surface area (Å²) in [4.78, 5) is 11.3. The Bertz CT molecular complexity index is 443. The fourth-order valence-corrected chi connectivity index (χ4v) is 2.59. The van der Waals surface area contributed by atoms with Crippen molar-refractivity contribution in [3.05, 3.63) is 16.5 Å². The van der Waals surface area contributed by atoms with E-state index in [1.54, 1.807) is 0 Å². The standard InChI is InChI=1S/C14H24ClN3S/c1-9(8-19-7)18(6)12-10(2)11(15)16-13(17-12)14(3,4)5/h9H,8H2,1-7H3. The van der Waals surface area contributed by atoms with Crippen LogP contribution in [0.15, 0.2) is 0 Å². The van der Waals surface area contributed by atoms with Gasteiger partial charge in [-0.3, -0.25) is 0 Å². The van der Waals surface area contributed by atoms with E-state index >= 15 is 0 Å². The quantitative estimate of drug-likeness (QED) is 0.788. The Morgan fingerprint density at radius 3 is 2.37 bits per heavy atom. The molecule has 0 saturated carbocycles. The average molecular weight is 302 g/mol. The molecule has 5 heteroatoms. The number of aromatic nitrogens is 2. The van der Waals surface area contributed by atoms with Gasteiger partial charge in [0, 0.05) is 29.8 Å². The van der Waals surface area contributed by atoms with Gasteiger partial charge in [0.15, 0.2) is 0 Å². The SMILES string of the molecule is CSCC(C)N(C)c1nc(C(C)(C)C)nc(Cl)c1C. The van der Waals surface area contributed by atoms with Crippen LogP contribution in [0.25, 0.3) is 0 Å². The minimum absolute atomic E-state index is 0.102. The van der Waals surface area contributed by atoms with Gasteiger partial charge in [-0.25, -0.2) is 9.97 Å². The highest BCUT2D eigenvalue weighted by Gasteiger charge is 2.23. The van der Waals surface area contributed by atoms with Gasteiger partial charge >= 0.3 is 0 Å². The van der Waals surface area contributed by atoms with Gasteiger partial charge in [-0.1, -0.05) is 32.4 Å². The van der Waals surface area contributed by atoms with Crippen molar-refractivity contribution >= 4 is 29.2 Å². The summed E-state index contributed by atoms with van der Waals surface area (Å²) in [5.41, 5.74) is 0.848. The molecule has 1 atom stereocenters. The van der Waals surface area contributed by atoms with Gasteiger partial charge < -0.3 is 4.90 Å². The van der Waals surface area contributed by atoms with Crippen molar-refractivity contribution in [2.75, 3.05) is 24.0 Å². The molecule has 0 amide bonds. The van der Waals surface area contributed by atoms with Gasteiger partial charge in [0.05, 0.1) is 0 Å². The van der Waals surface area contributed by atoms with Gasteiger partial charge in [-0.05, 0) is 20.1 Å². The second kappa shape index (κ2) is 6.31. The van der Waals surface area contributed by atoms with Crippen molar-refractivity contribution in [2.45, 2.75) is 46.1 Å². The third kappa shape index (κ3) is 3.99. The molecule has 1 aromatic rings. The van der Waals surface area contributed by atoms with Crippen molar-refractivity contribution in [1.82, 2.24) is 9.97 Å². The van der Waals surface area contributed by atoms with Crippen LogP contribution in [0.3, 0.4) is 0 Å². The Balaban J connectivity index is 3.23. The highest BCUT2D eigenvalue weighted by atomic mass is 35.5. The number of hydrogen-bond donors (Lipinski definition) is 0. The molecule has 0 aromatic carbocycles. The Hall–Kier alpha value is -0.480. The minimum atomic E-state index is -0.102. The van der Waals surface area contributed by atoms with Crippen LogP contribution in [0.2, 0.25) is 5.15 Å². The topological polar surface area (TPSA) is 29.0 Å². The predicted molar refractivity (Wildman–Crippen MR) is 86.7 cm³/mol. The largest absolute Gasteiger partial charge is 0.356 e. The third-order valence-corrected chi connectivity index (χ3v) is 4.32. The molecule has 0 aliphatic heterocycles. The van der Waals surface area contributed by atoms with Crippen LogP contribution >= 0.6 is 23.4 Å². The van der Waals surface area contributed by atoms with Crippen molar-refractivity contribution in [1.29, 1.82) is 0 Å². The van der Waals surface area contributed by atoms with E-state index < -0.39 is 0 Å². The molecular formula is C14H24ClN3S. The Labute approximate surface area is 126 Å². The fraction of sp³-hybridized carbons (Fsp3) is 0.714. The zero-order chi connectivity index (χ0) is 14.8. The van der Waals surface area contributed by atoms with Gasteiger partial charge in [0.25, 0.3) is 0 Å². The first kappa shape index (κ1) is 16.6. The van der Waals surface area contributed by atoms with E-state index in [4.69, 9.17) is 16.6 Å². The second-order valence-electron chi connectivity index (χ2n) is 5.95. The zero-order valence-electron chi connectivity index (χ0n) is 12.9. The summed E-state index contributed by atoms with van der Waals surface area (Å²) >= 11 is 8.10. The summed E-state index contributed by atoms with van der Waals surface area (Å²) in [6.07, 6.45) is 2.12. The first-order chi connectivity index (χ1) is 8.68. The molecular weight excluding hydrogens is 278 g/mol. The molecule has 0 radical (unpaired) electrons. The van der Waals surface area contributed by atoms with E-state index in [2.05, 4.69) is 50.9 Å². The molecule has 1 rings (SSSR count). The first-order valence-corrected chi connectivity index (χ1v) is 8.22. The summed E-state index contributed by atoms with van der Waals surface area (Å²) < 4.78 is 0. The second-order valence-corrected chi connectivity index (χ2v) is 7.22. The van der Waals surface area contributed by atoms with Crippen LogP contribution in [0.5, 0.6) is 0 Å². The summed E-state index contributed by atoms with van der Waals surface area (Å²) in [5, 5.41) is 0.554. The lowest BCUT2D eigenvalue weighted by atomic mass is 9.95. The van der Waals surface area contributed by atoms with Gasteiger partial charge in [-0.2, -0.15) is 11.8 Å².